The molecular formula is C15H20F3N3O3S. The highest BCUT2D eigenvalue weighted by Gasteiger charge is 2.34. The minimum absolute atomic E-state index is 0.000238. The molecule has 10 heteroatoms. The summed E-state index contributed by atoms with van der Waals surface area (Å²) >= 11 is 0. The molecule has 2 rings (SSSR count). The van der Waals surface area contributed by atoms with Crippen molar-refractivity contribution in [3.05, 3.63) is 29.8 Å². The first kappa shape index (κ1) is 19.7. The molecule has 3 N–H and O–H groups in total. The second kappa shape index (κ2) is 7.71. The molecule has 0 bridgehead atoms. The molecule has 1 aliphatic rings. The summed E-state index contributed by atoms with van der Waals surface area (Å²) in [6.45, 7) is 0.816. The van der Waals surface area contributed by atoms with E-state index >= 15 is 0 Å². The van der Waals surface area contributed by atoms with Crippen molar-refractivity contribution in [1.29, 1.82) is 0 Å². The molecule has 0 saturated carbocycles. The van der Waals surface area contributed by atoms with Gasteiger partial charge in [0, 0.05) is 26.2 Å². The highest BCUT2D eigenvalue weighted by molar-refractivity contribution is 7.89. The fourth-order valence-electron chi connectivity index (χ4n) is 2.68. The van der Waals surface area contributed by atoms with Gasteiger partial charge in [-0.15, -0.1) is 0 Å². The lowest BCUT2D eigenvalue weighted by Crippen LogP contribution is -2.46. The van der Waals surface area contributed by atoms with Gasteiger partial charge in [0.2, 0.25) is 15.9 Å². The van der Waals surface area contributed by atoms with Gasteiger partial charge in [0.05, 0.1) is 16.4 Å². The van der Waals surface area contributed by atoms with Gasteiger partial charge in [0.1, 0.15) is 0 Å². The second-order valence-corrected chi connectivity index (χ2v) is 7.74. The van der Waals surface area contributed by atoms with Crippen LogP contribution in [0.3, 0.4) is 0 Å². The van der Waals surface area contributed by atoms with E-state index in [4.69, 9.17) is 5.73 Å². The molecule has 1 unspecified atom stereocenters. The molecule has 1 fully saturated rings. The SMILES string of the molecule is NCCNC(=O)C1CCCN(S(=O)(=O)c2ccc(C(F)(F)F)cc2)C1. The maximum atomic E-state index is 12.6. The minimum atomic E-state index is -4.53. The van der Waals surface area contributed by atoms with Gasteiger partial charge < -0.3 is 11.1 Å². The van der Waals surface area contributed by atoms with Crippen LogP contribution in [-0.4, -0.2) is 44.8 Å². The van der Waals surface area contributed by atoms with Crippen LogP contribution in [0, 0.1) is 5.92 Å². The van der Waals surface area contributed by atoms with Crippen LogP contribution in [0.1, 0.15) is 18.4 Å². The first-order chi connectivity index (χ1) is 11.7. The lowest BCUT2D eigenvalue weighted by molar-refractivity contribution is -0.137. The van der Waals surface area contributed by atoms with Crippen molar-refractivity contribution in [3.63, 3.8) is 0 Å². The Hall–Kier alpha value is -1.65. The van der Waals surface area contributed by atoms with Crippen molar-refractivity contribution in [2.24, 2.45) is 11.7 Å². The first-order valence-electron chi connectivity index (χ1n) is 7.81. The van der Waals surface area contributed by atoms with Gasteiger partial charge in [0.15, 0.2) is 0 Å². The number of nitrogens with one attached hydrogen (secondary N) is 1. The third-order valence-electron chi connectivity index (χ3n) is 4.02. The van der Waals surface area contributed by atoms with Gasteiger partial charge >= 0.3 is 6.18 Å². The summed E-state index contributed by atoms with van der Waals surface area (Å²) in [6.07, 6.45) is -3.48. The number of alkyl halides is 3. The molecule has 1 amide bonds. The molecule has 1 saturated heterocycles. The van der Waals surface area contributed by atoms with E-state index in [0.29, 0.717) is 19.4 Å². The number of amides is 1. The number of benzene rings is 1. The van der Waals surface area contributed by atoms with Gasteiger partial charge in [-0.05, 0) is 37.1 Å². The van der Waals surface area contributed by atoms with Gasteiger partial charge in [-0.1, -0.05) is 0 Å². The van der Waals surface area contributed by atoms with Crippen LogP contribution >= 0.6 is 0 Å². The summed E-state index contributed by atoms with van der Waals surface area (Å²) < 4.78 is 64.2. The first-order valence-corrected chi connectivity index (χ1v) is 9.25. The average molecular weight is 379 g/mol. The van der Waals surface area contributed by atoms with Crippen LogP contribution in [0.5, 0.6) is 0 Å². The average Bonchev–Trinajstić information content (AvgIpc) is 2.59. The van der Waals surface area contributed by atoms with Crippen LogP contribution in [0.2, 0.25) is 0 Å². The summed E-state index contributed by atoms with van der Waals surface area (Å²) in [5.41, 5.74) is 4.41. The molecule has 0 aromatic heterocycles. The van der Waals surface area contributed by atoms with E-state index in [1.54, 1.807) is 0 Å². The number of piperidine rings is 1. The highest BCUT2D eigenvalue weighted by atomic mass is 32.2. The van der Waals surface area contributed by atoms with E-state index in [1.165, 1.54) is 0 Å². The number of hydrogen-bond acceptors (Lipinski definition) is 4. The van der Waals surface area contributed by atoms with Gasteiger partial charge in [-0.3, -0.25) is 4.79 Å². The standard InChI is InChI=1S/C15H20F3N3O3S/c16-15(17,18)12-3-5-13(6-4-12)25(23,24)21-9-1-2-11(10-21)14(22)20-8-7-19/h3-6,11H,1-2,7-10,19H2,(H,20,22). The molecule has 0 radical (unpaired) electrons. The maximum absolute atomic E-state index is 12.6. The third kappa shape index (κ3) is 4.71. The third-order valence-corrected chi connectivity index (χ3v) is 5.90. The van der Waals surface area contributed by atoms with Crippen molar-refractivity contribution >= 4 is 15.9 Å². The minimum Gasteiger partial charge on any atom is -0.355 e. The Labute approximate surface area is 144 Å². The lowest BCUT2D eigenvalue weighted by atomic mass is 9.99. The zero-order valence-electron chi connectivity index (χ0n) is 13.4. The van der Waals surface area contributed by atoms with Crippen molar-refractivity contribution in [2.45, 2.75) is 23.9 Å². The van der Waals surface area contributed by atoms with E-state index in [2.05, 4.69) is 5.32 Å². The summed E-state index contributed by atoms with van der Waals surface area (Å²) in [4.78, 5) is 11.8. The van der Waals surface area contributed by atoms with E-state index in [0.717, 1.165) is 28.6 Å². The number of sulfonamides is 1. The number of nitrogens with zero attached hydrogens (tertiary/aromatic N) is 1. The Morgan fingerprint density at radius 3 is 2.48 bits per heavy atom. The van der Waals surface area contributed by atoms with Crippen LogP contribution in [0.25, 0.3) is 0 Å². The fourth-order valence-corrected chi connectivity index (χ4v) is 4.20. The molecule has 140 valence electrons. The normalized spacial score (nSPS) is 19.6. The van der Waals surface area contributed by atoms with Crippen molar-refractivity contribution in [3.8, 4) is 0 Å². The second-order valence-electron chi connectivity index (χ2n) is 5.80. The quantitative estimate of drug-likeness (QED) is 0.804. The van der Waals surface area contributed by atoms with Crippen molar-refractivity contribution in [1.82, 2.24) is 9.62 Å². The smallest absolute Gasteiger partial charge is 0.355 e. The molecule has 1 atom stereocenters. The zero-order chi connectivity index (χ0) is 18.7. The zero-order valence-corrected chi connectivity index (χ0v) is 14.2. The molecular weight excluding hydrogens is 359 g/mol. The summed E-state index contributed by atoms with van der Waals surface area (Å²) in [5.74, 6) is -0.762. The lowest BCUT2D eigenvalue weighted by Gasteiger charge is -2.31. The molecule has 6 nitrogen and oxygen atoms in total. The fraction of sp³-hybridized carbons (Fsp3) is 0.533. The van der Waals surface area contributed by atoms with Crippen LogP contribution in [0.15, 0.2) is 29.2 Å². The largest absolute Gasteiger partial charge is 0.416 e. The van der Waals surface area contributed by atoms with Gasteiger partial charge in [-0.25, -0.2) is 8.42 Å². The van der Waals surface area contributed by atoms with E-state index < -0.39 is 27.7 Å². The number of carbonyl (C=O) groups is 1. The van der Waals surface area contributed by atoms with Gasteiger partial charge in [0.25, 0.3) is 0 Å². The molecule has 1 aromatic carbocycles. The maximum Gasteiger partial charge on any atom is 0.416 e. The summed E-state index contributed by atoms with van der Waals surface area (Å²) in [6, 6.07) is 3.36. The van der Waals surface area contributed by atoms with Crippen LogP contribution in [0.4, 0.5) is 13.2 Å². The number of hydrogen-bond donors (Lipinski definition) is 2. The predicted octanol–water partition coefficient (Wildman–Crippen LogP) is 1.18. The Morgan fingerprint density at radius 1 is 1.28 bits per heavy atom. The summed E-state index contributed by atoms with van der Waals surface area (Å²) in [7, 11) is -3.95. The number of halogens is 3. The predicted molar refractivity (Wildman–Crippen MR) is 85.0 cm³/mol. The van der Waals surface area contributed by atoms with E-state index in [1.807, 2.05) is 0 Å². The van der Waals surface area contributed by atoms with Crippen molar-refractivity contribution < 1.29 is 26.4 Å². The monoisotopic (exact) mass is 379 g/mol. The molecule has 1 heterocycles. The van der Waals surface area contributed by atoms with Gasteiger partial charge in [-0.2, -0.15) is 17.5 Å². The Morgan fingerprint density at radius 2 is 1.92 bits per heavy atom. The Balaban J connectivity index is 2.14. The molecule has 25 heavy (non-hydrogen) atoms. The number of nitrogens with two attached hydrogens (primary N) is 1. The van der Waals surface area contributed by atoms with Crippen LogP contribution < -0.4 is 11.1 Å². The Bertz CT molecular complexity index is 705. The highest BCUT2D eigenvalue weighted by Crippen LogP contribution is 2.31. The number of carbonyl (C=O) groups excluding carboxylic acids is 1. The topological polar surface area (TPSA) is 92.5 Å². The van der Waals surface area contributed by atoms with Crippen LogP contribution in [-0.2, 0) is 21.0 Å². The number of rotatable bonds is 5. The summed E-state index contributed by atoms with van der Waals surface area (Å²) in [5, 5.41) is 2.63. The molecule has 0 aliphatic carbocycles. The Kier molecular flexibility index (Phi) is 6.07. The van der Waals surface area contributed by atoms with Crippen molar-refractivity contribution in [2.75, 3.05) is 26.2 Å². The molecule has 1 aromatic rings. The van der Waals surface area contributed by atoms with E-state index in [9.17, 15) is 26.4 Å². The molecule has 0 spiro atoms. The van der Waals surface area contributed by atoms with E-state index in [-0.39, 0.29) is 30.4 Å². The molecule has 1 aliphatic heterocycles.